The molecule has 136 valence electrons. The molecule has 0 saturated carbocycles. The van der Waals surface area contributed by atoms with Gasteiger partial charge in [-0.1, -0.05) is 53.7 Å². The third-order valence-electron chi connectivity index (χ3n) is 5.04. The van der Waals surface area contributed by atoms with E-state index in [0.29, 0.717) is 18.1 Å². The van der Waals surface area contributed by atoms with Crippen LogP contribution in [0.4, 0.5) is 5.95 Å². The van der Waals surface area contributed by atoms with Gasteiger partial charge in [0.05, 0.1) is 5.56 Å². The summed E-state index contributed by atoms with van der Waals surface area (Å²) in [6.45, 7) is 0.691. The zero-order valence-corrected chi connectivity index (χ0v) is 14.8. The Morgan fingerprint density at radius 1 is 1.00 bits per heavy atom. The topological polar surface area (TPSA) is 96.4 Å². The van der Waals surface area contributed by atoms with Crippen LogP contribution in [0.2, 0.25) is 0 Å². The predicted octanol–water partition coefficient (Wildman–Crippen LogP) is 2.91. The fraction of sp³-hybridized carbons (Fsp3) is 0.190. The highest BCUT2D eigenvalue weighted by Gasteiger charge is 2.23. The number of nitrogens with one attached hydrogen (secondary N) is 1. The van der Waals surface area contributed by atoms with Gasteiger partial charge >= 0.3 is 0 Å². The molecule has 4 N–H and O–H groups in total. The van der Waals surface area contributed by atoms with Crippen LogP contribution in [0.1, 0.15) is 33.7 Å². The van der Waals surface area contributed by atoms with E-state index >= 15 is 0 Å². The molecule has 4 rings (SSSR count). The first-order valence-corrected chi connectivity index (χ1v) is 8.95. The number of hydrogen-bond acceptors (Lipinski definition) is 5. The number of amidine groups is 1. The molecule has 1 aromatic heterocycles. The van der Waals surface area contributed by atoms with Crippen molar-refractivity contribution in [2.24, 2.45) is 10.9 Å². The van der Waals surface area contributed by atoms with Crippen LogP contribution in [0.3, 0.4) is 0 Å². The summed E-state index contributed by atoms with van der Waals surface area (Å²) in [6.07, 6.45) is 5.18. The zero-order valence-electron chi connectivity index (χ0n) is 14.8. The van der Waals surface area contributed by atoms with Crippen LogP contribution in [0.25, 0.3) is 0 Å². The van der Waals surface area contributed by atoms with Crippen molar-refractivity contribution >= 4 is 11.8 Å². The average Bonchev–Trinajstić information content (AvgIpc) is 2.89. The quantitative estimate of drug-likeness (QED) is 0.288. The average molecular weight is 359 g/mol. The van der Waals surface area contributed by atoms with E-state index < -0.39 is 0 Å². The molecule has 6 nitrogen and oxygen atoms in total. The Bertz CT molecular complexity index is 921. The molecular weight excluding hydrogens is 338 g/mol. The van der Waals surface area contributed by atoms with E-state index in [-0.39, 0.29) is 11.8 Å². The number of benzene rings is 2. The van der Waals surface area contributed by atoms with Crippen molar-refractivity contribution in [2.45, 2.75) is 18.8 Å². The highest BCUT2D eigenvalue weighted by molar-refractivity contribution is 5.96. The maximum absolute atomic E-state index is 8.74. The summed E-state index contributed by atoms with van der Waals surface area (Å²) >= 11 is 0. The van der Waals surface area contributed by atoms with Gasteiger partial charge in [0.15, 0.2) is 5.84 Å². The lowest BCUT2D eigenvalue weighted by Crippen LogP contribution is -2.18. The van der Waals surface area contributed by atoms with Crippen LogP contribution in [0.5, 0.6) is 0 Å². The van der Waals surface area contributed by atoms with E-state index in [2.05, 4.69) is 69.0 Å². The fourth-order valence-electron chi connectivity index (χ4n) is 3.66. The Morgan fingerprint density at radius 3 is 2.11 bits per heavy atom. The van der Waals surface area contributed by atoms with Crippen LogP contribution in [0.15, 0.2) is 66.1 Å². The Labute approximate surface area is 157 Å². The highest BCUT2D eigenvalue weighted by atomic mass is 16.4. The Hall–Kier alpha value is -3.41. The van der Waals surface area contributed by atoms with E-state index in [4.69, 9.17) is 10.9 Å². The first-order chi connectivity index (χ1) is 13.3. The second-order valence-electron chi connectivity index (χ2n) is 6.61. The molecule has 1 heterocycles. The molecule has 0 amide bonds. The lowest BCUT2D eigenvalue weighted by molar-refractivity contribution is 0.318. The highest BCUT2D eigenvalue weighted by Crippen LogP contribution is 2.34. The minimum absolute atomic E-state index is 0.00632. The van der Waals surface area contributed by atoms with Crippen molar-refractivity contribution in [2.75, 3.05) is 11.9 Å². The number of nitrogens with two attached hydrogens (primary N) is 1. The minimum Gasteiger partial charge on any atom is -0.409 e. The molecule has 0 spiro atoms. The molecule has 6 heteroatoms. The van der Waals surface area contributed by atoms with Gasteiger partial charge in [-0.2, -0.15) is 0 Å². The van der Waals surface area contributed by atoms with E-state index in [0.717, 1.165) is 12.8 Å². The maximum atomic E-state index is 8.74. The normalized spacial score (nSPS) is 14.1. The van der Waals surface area contributed by atoms with Gasteiger partial charge in [-0.05, 0) is 35.1 Å². The Balaban J connectivity index is 1.61. The smallest absolute Gasteiger partial charge is 0.222 e. The maximum Gasteiger partial charge on any atom is 0.222 e. The van der Waals surface area contributed by atoms with E-state index in [1.807, 2.05) is 0 Å². The Kier molecular flexibility index (Phi) is 4.70. The number of nitrogens with zero attached hydrogens (tertiary/aromatic N) is 3. The molecule has 0 fully saturated rings. The molecule has 0 bridgehead atoms. The van der Waals surface area contributed by atoms with Crippen molar-refractivity contribution < 1.29 is 5.21 Å². The molecule has 2 aromatic carbocycles. The number of aromatic nitrogens is 2. The molecule has 0 radical (unpaired) electrons. The number of aryl methyl sites for hydroxylation is 2. The summed E-state index contributed by atoms with van der Waals surface area (Å²) in [5.41, 5.74) is 11.5. The van der Waals surface area contributed by atoms with Crippen molar-refractivity contribution in [3.8, 4) is 0 Å². The van der Waals surface area contributed by atoms with Crippen LogP contribution < -0.4 is 11.1 Å². The van der Waals surface area contributed by atoms with Gasteiger partial charge in [-0.15, -0.1) is 0 Å². The van der Waals surface area contributed by atoms with Gasteiger partial charge in [0.25, 0.3) is 0 Å². The van der Waals surface area contributed by atoms with Crippen molar-refractivity contribution in [1.29, 1.82) is 0 Å². The number of hydrogen-bond donors (Lipinski definition) is 3. The van der Waals surface area contributed by atoms with Crippen LogP contribution in [-0.2, 0) is 12.8 Å². The number of oxime groups is 1. The second kappa shape index (κ2) is 7.45. The molecule has 0 unspecified atom stereocenters. The van der Waals surface area contributed by atoms with E-state index in [1.54, 1.807) is 12.4 Å². The first-order valence-electron chi connectivity index (χ1n) is 8.95. The second-order valence-corrected chi connectivity index (χ2v) is 6.61. The largest absolute Gasteiger partial charge is 0.409 e. The summed E-state index contributed by atoms with van der Waals surface area (Å²) in [5.74, 6) is 0.740. The standard InChI is InChI=1S/C21H21N5O/c22-20(26-27)16-11-23-21(24-12-16)25-13-19-17-7-3-1-5-14(17)9-10-15-6-2-4-8-18(15)19/h1-8,11-12,19,27H,9-10,13H2,(H2,22,26)(H,23,24,25). The van der Waals surface area contributed by atoms with Gasteiger partial charge < -0.3 is 16.3 Å². The molecule has 1 aliphatic carbocycles. The van der Waals surface area contributed by atoms with Crippen molar-refractivity contribution in [3.63, 3.8) is 0 Å². The molecule has 1 aliphatic rings. The van der Waals surface area contributed by atoms with Gasteiger partial charge in [0.2, 0.25) is 5.95 Å². The zero-order chi connectivity index (χ0) is 18.6. The molecular formula is C21H21N5O. The first kappa shape index (κ1) is 17.0. The number of anilines is 1. The molecule has 0 aliphatic heterocycles. The van der Waals surface area contributed by atoms with E-state index in [1.165, 1.54) is 22.3 Å². The van der Waals surface area contributed by atoms with Gasteiger partial charge in [-0.25, -0.2) is 9.97 Å². The summed E-state index contributed by atoms with van der Waals surface area (Å²) < 4.78 is 0. The molecule has 0 atom stereocenters. The van der Waals surface area contributed by atoms with Crippen molar-refractivity contribution in [1.82, 2.24) is 9.97 Å². The van der Waals surface area contributed by atoms with Crippen LogP contribution in [0, 0.1) is 0 Å². The molecule has 27 heavy (non-hydrogen) atoms. The third-order valence-corrected chi connectivity index (χ3v) is 5.04. The van der Waals surface area contributed by atoms with Crippen LogP contribution in [-0.4, -0.2) is 27.6 Å². The number of rotatable bonds is 4. The lowest BCUT2D eigenvalue weighted by Gasteiger charge is -2.21. The van der Waals surface area contributed by atoms with Gasteiger partial charge in [0, 0.05) is 24.9 Å². The summed E-state index contributed by atoms with van der Waals surface area (Å²) in [5, 5.41) is 15.0. The molecule has 0 saturated heterocycles. The van der Waals surface area contributed by atoms with Gasteiger partial charge in [0.1, 0.15) is 0 Å². The Morgan fingerprint density at radius 2 is 1.56 bits per heavy atom. The lowest BCUT2D eigenvalue weighted by atomic mass is 9.88. The minimum atomic E-state index is -0.00632. The van der Waals surface area contributed by atoms with E-state index in [9.17, 15) is 0 Å². The third kappa shape index (κ3) is 3.46. The predicted molar refractivity (Wildman–Crippen MR) is 105 cm³/mol. The van der Waals surface area contributed by atoms with Crippen molar-refractivity contribution in [3.05, 3.63) is 88.7 Å². The monoisotopic (exact) mass is 359 g/mol. The van der Waals surface area contributed by atoms with Gasteiger partial charge in [-0.3, -0.25) is 0 Å². The number of fused-ring (bicyclic) bond motifs is 2. The summed E-state index contributed by atoms with van der Waals surface area (Å²) in [7, 11) is 0. The molecule has 3 aromatic rings. The van der Waals surface area contributed by atoms with Crippen LogP contribution >= 0.6 is 0 Å². The summed E-state index contributed by atoms with van der Waals surface area (Å²) in [6, 6.07) is 17.3. The SMILES string of the molecule is NC(=NO)c1cnc(NCC2c3ccccc3CCc3ccccc32)nc1. The summed E-state index contributed by atoms with van der Waals surface area (Å²) in [4.78, 5) is 8.55. The fourth-order valence-corrected chi connectivity index (χ4v) is 3.66.